The van der Waals surface area contributed by atoms with Crippen molar-refractivity contribution in [2.75, 3.05) is 5.32 Å². The third-order valence-corrected chi connectivity index (χ3v) is 7.32. The largest absolute Gasteiger partial charge is 0.433 e. The standard InChI is InChI=1S/C21H14BrF3N8O2S/c1-8-10(7-28-32(8)2)9-6-11(21(23,24)25)29-20-12(9)14(16(36-20)17(26)34)30-19(35)15-13(22)18-27-4-3-5-33(18)31-15/h3-7H,1-2H3,(H2,26,34)(H,30,35). The lowest BCUT2D eigenvalue weighted by Crippen LogP contribution is -2.17. The molecule has 184 valence electrons. The van der Waals surface area contributed by atoms with Gasteiger partial charge in [0.1, 0.15) is 15.4 Å². The van der Waals surface area contributed by atoms with Crippen LogP contribution in [0.25, 0.3) is 27.0 Å². The number of nitrogens with two attached hydrogens (primary N) is 1. The van der Waals surface area contributed by atoms with Gasteiger partial charge < -0.3 is 11.1 Å². The van der Waals surface area contributed by atoms with E-state index < -0.39 is 23.7 Å². The Labute approximate surface area is 212 Å². The minimum Gasteiger partial charge on any atom is -0.365 e. The van der Waals surface area contributed by atoms with Gasteiger partial charge in [-0.25, -0.2) is 14.5 Å². The molecule has 0 atom stereocenters. The number of nitrogens with zero attached hydrogens (tertiary/aromatic N) is 6. The summed E-state index contributed by atoms with van der Waals surface area (Å²) in [5.41, 5.74) is 5.67. The number of amides is 2. The van der Waals surface area contributed by atoms with Gasteiger partial charge in [-0.1, -0.05) is 0 Å². The van der Waals surface area contributed by atoms with E-state index in [-0.39, 0.29) is 32.0 Å². The number of primary amides is 1. The van der Waals surface area contributed by atoms with E-state index in [0.717, 1.165) is 6.07 Å². The summed E-state index contributed by atoms with van der Waals surface area (Å²) >= 11 is 3.96. The topological polar surface area (TPSA) is 133 Å². The van der Waals surface area contributed by atoms with Gasteiger partial charge in [-0.15, -0.1) is 11.3 Å². The molecule has 0 aromatic carbocycles. The van der Waals surface area contributed by atoms with Crippen LogP contribution < -0.4 is 11.1 Å². The van der Waals surface area contributed by atoms with E-state index in [1.54, 1.807) is 26.2 Å². The molecule has 36 heavy (non-hydrogen) atoms. The Balaban J connectivity index is 1.76. The Kier molecular flexibility index (Phi) is 5.55. The summed E-state index contributed by atoms with van der Waals surface area (Å²) in [6.07, 6.45) is -0.242. The van der Waals surface area contributed by atoms with Crippen molar-refractivity contribution in [1.29, 1.82) is 0 Å². The molecule has 0 aliphatic rings. The van der Waals surface area contributed by atoms with E-state index in [1.807, 2.05) is 0 Å². The molecule has 5 aromatic rings. The van der Waals surface area contributed by atoms with Crippen molar-refractivity contribution in [2.45, 2.75) is 13.1 Å². The van der Waals surface area contributed by atoms with Gasteiger partial charge in [0, 0.05) is 36.1 Å². The Morgan fingerprint density at radius 1 is 1.25 bits per heavy atom. The van der Waals surface area contributed by atoms with Crippen LogP contribution in [-0.4, -0.2) is 41.2 Å². The molecule has 0 radical (unpaired) electrons. The predicted octanol–water partition coefficient (Wildman–Crippen LogP) is 4.18. The second kappa shape index (κ2) is 8.37. The van der Waals surface area contributed by atoms with Crippen LogP contribution in [0.1, 0.15) is 31.5 Å². The third kappa shape index (κ3) is 3.80. The van der Waals surface area contributed by atoms with Crippen LogP contribution in [0.5, 0.6) is 0 Å². The number of anilines is 1. The van der Waals surface area contributed by atoms with Crippen molar-refractivity contribution in [1.82, 2.24) is 29.4 Å². The third-order valence-electron chi connectivity index (χ3n) is 5.49. The first-order valence-electron chi connectivity index (χ1n) is 10.1. The summed E-state index contributed by atoms with van der Waals surface area (Å²) < 4.78 is 44.3. The molecule has 0 unspecified atom stereocenters. The zero-order valence-electron chi connectivity index (χ0n) is 18.4. The van der Waals surface area contributed by atoms with E-state index in [4.69, 9.17) is 5.73 Å². The molecule has 0 saturated carbocycles. The highest BCUT2D eigenvalue weighted by atomic mass is 79.9. The summed E-state index contributed by atoms with van der Waals surface area (Å²) in [4.78, 5) is 33.2. The quantitative estimate of drug-likeness (QED) is 0.328. The Morgan fingerprint density at radius 2 is 2.00 bits per heavy atom. The first-order valence-corrected chi connectivity index (χ1v) is 11.7. The molecule has 0 spiro atoms. The lowest BCUT2D eigenvalue weighted by Gasteiger charge is -2.12. The summed E-state index contributed by atoms with van der Waals surface area (Å²) in [5, 5.41) is 11.1. The number of thiophene rings is 1. The molecular formula is C21H14BrF3N8O2S. The average Bonchev–Trinajstić information content (AvgIpc) is 3.47. The molecule has 5 aromatic heterocycles. The maximum atomic E-state index is 13.7. The first-order chi connectivity index (χ1) is 17.0. The number of hydrogen-bond acceptors (Lipinski definition) is 7. The fourth-order valence-electron chi connectivity index (χ4n) is 3.69. The molecule has 10 nitrogen and oxygen atoms in total. The first kappa shape index (κ1) is 23.9. The van der Waals surface area contributed by atoms with Crippen LogP contribution in [-0.2, 0) is 13.2 Å². The van der Waals surface area contributed by atoms with Gasteiger partial charge in [0.2, 0.25) is 0 Å². The molecule has 0 aliphatic heterocycles. The van der Waals surface area contributed by atoms with Gasteiger partial charge in [0.25, 0.3) is 11.8 Å². The highest BCUT2D eigenvalue weighted by Gasteiger charge is 2.35. The van der Waals surface area contributed by atoms with Gasteiger partial charge in [-0.05, 0) is 40.5 Å². The predicted molar refractivity (Wildman–Crippen MR) is 129 cm³/mol. The lowest BCUT2D eigenvalue weighted by molar-refractivity contribution is -0.140. The monoisotopic (exact) mass is 578 g/mol. The van der Waals surface area contributed by atoms with Crippen molar-refractivity contribution in [2.24, 2.45) is 12.8 Å². The van der Waals surface area contributed by atoms with Crippen LogP contribution >= 0.6 is 27.3 Å². The number of halogens is 4. The molecule has 5 rings (SSSR count). The molecular weight excluding hydrogens is 565 g/mol. The van der Waals surface area contributed by atoms with Crippen LogP contribution in [0.2, 0.25) is 0 Å². The minimum absolute atomic E-state index is 0.0533. The number of hydrogen-bond donors (Lipinski definition) is 2. The van der Waals surface area contributed by atoms with Gasteiger partial charge in [-0.3, -0.25) is 14.3 Å². The van der Waals surface area contributed by atoms with Gasteiger partial charge in [0.05, 0.1) is 16.4 Å². The number of aryl methyl sites for hydroxylation is 1. The van der Waals surface area contributed by atoms with Crippen LogP contribution in [0, 0.1) is 6.92 Å². The maximum Gasteiger partial charge on any atom is 0.433 e. The SMILES string of the molecule is Cc1c(-c2cc(C(F)(F)F)nc3sc(C(N)=O)c(NC(=O)c4nn5cccnc5c4Br)c23)cnn1C. The number of alkyl halides is 3. The average molecular weight is 579 g/mol. The van der Waals surface area contributed by atoms with E-state index in [2.05, 4.69) is 41.4 Å². The number of carbonyl (C=O) groups is 2. The van der Waals surface area contributed by atoms with E-state index >= 15 is 0 Å². The number of nitrogens with one attached hydrogen (secondary N) is 1. The second-order valence-electron chi connectivity index (χ2n) is 7.68. The molecule has 0 aliphatic carbocycles. The van der Waals surface area contributed by atoms with Gasteiger partial charge in [-0.2, -0.15) is 23.4 Å². The smallest absolute Gasteiger partial charge is 0.365 e. The van der Waals surface area contributed by atoms with Gasteiger partial charge in [0.15, 0.2) is 11.3 Å². The molecule has 0 saturated heterocycles. The zero-order valence-corrected chi connectivity index (χ0v) is 20.8. The highest BCUT2D eigenvalue weighted by Crippen LogP contribution is 2.44. The highest BCUT2D eigenvalue weighted by molar-refractivity contribution is 9.10. The maximum absolute atomic E-state index is 13.7. The number of rotatable bonds is 4. The van der Waals surface area contributed by atoms with Crippen molar-refractivity contribution >= 4 is 60.6 Å². The normalized spacial score (nSPS) is 11.9. The fraction of sp³-hybridized carbons (Fsp3) is 0.143. The fourth-order valence-corrected chi connectivity index (χ4v) is 5.24. The van der Waals surface area contributed by atoms with Gasteiger partial charge >= 0.3 is 6.18 Å². The number of aromatic nitrogens is 6. The number of pyridine rings is 1. The van der Waals surface area contributed by atoms with Crippen molar-refractivity contribution in [3.63, 3.8) is 0 Å². The molecule has 5 heterocycles. The summed E-state index contributed by atoms with van der Waals surface area (Å²) in [7, 11) is 1.64. The van der Waals surface area contributed by atoms with E-state index in [1.165, 1.54) is 21.6 Å². The molecule has 0 bridgehead atoms. The van der Waals surface area contributed by atoms with Crippen LogP contribution in [0.15, 0.2) is 35.2 Å². The van der Waals surface area contributed by atoms with Crippen molar-refractivity contribution in [3.8, 4) is 11.1 Å². The summed E-state index contributed by atoms with van der Waals surface area (Å²) in [5.74, 6) is -1.67. The van der Waals surface area contributed by atoms with E-state index in [9.17, 15) is 22.8 Å². The minimum atomic E-state index is -4.76. The molecule has 2 amide bonds. The zero-order chi connectivity index (χ0) is 25.9. The Hall–Kier alpha value is -3.85. The number of carbonyl (C=O) groups excluding carboxylic acids is 2. The Bertz CT molecular complexity index is 1710. The van der Waals surface area contributed by atoms with E-state index in [0.29, 0.717) is 32.7 Å². The molecule has 0 fully saturated rings. The molecule has 3 N–H and O–H groups in total. The Morgan fingerprint density at radius 3 is 2.61 bits per heavy atom. The van der Waals surface area contributed by atoms with Crippen LogP contribution in [0.3, 0.4) is 0 Å². The second-order valence-corrected chi connectivity index (χ2v) is 9.47. The molecule has 15 heteroatoms. The van der Waals surface area contributed by atoms with Crippen molar-refractivity contribution in [3.05, 3.63) is 57.2 Å². The number of fused-ring (bicyclic) bond motifs is 2. The lowest BCUT2D eigenvalue weighted by atomic mass is 10.0. The summed E-state index contributed by atoms with van der Waals surface area (Å²) in [6.45, 7) is 1.68. The summed E-state index contributed by atoms with van der Waals surface area (Å²) in [6, 6.07) is 2.49. The van der Waals surface area contributed by atoms with Crippen molar-refractivity contribution < 1.29 is 22.8 Å². The van der Waals surface area contributed by atoms with Crippen LogP contribution in [0.4, 0.5) is 18.9 Å².